The molecule has 1 heterocycles. The fourth-order valence-electron chi connectivity index (χ4n) is 2.97. The zero-order chi connectivity index (χ0) is 21.6. The molecule has 0 fully saturated rings. The summed E-state index contributed by atoms with van der Waals surface area (Å²) >= 11 is 0. The minimum absolute atomic E-state index is 0.712. The second-order valence-corrected chi connectivity index (χ2v) is 7.98. The molecule has 2 aromatic carbocycles. The highest BCUT2D eigenvalue weighted by Gasteiger charge is 2.16. The second-order valence-electron chi connectivity index (χ2n) is 6.32. The maximum Gasteiger partial charge on any atom is 0.206 e. The molecular weight excluding hydrogens is 394 g/mol. The van der Waals surface area contributed by atoms with Crippen LogP contribution in [0.25, 0.3) is 22.0 Å². The molecule has 0 saturated carbocycles. The molecule has 0 bridgehead atoms. The van der Waals surface area contributed by atoms with E-state index in [2.05, 4.69) is 27.6 Å². The lowest BCUT2D eigenvalue weighted by Crippen LogP contribution is -2.07. The Morgan fingerprint density at radius 3 is 2.03 bits per heavy atom. The number of hydrogen-bond acceptors (Lipinski definition) is 6. The van der Waals surface area contributed by atoms with Crippen LogP contribution >= 0.6 is 0 Å². The molecule has 8 nitrogen and oxygen atoms in total. The van der Waals surface area contributed by atoms with Gasteiger partial charge in [0, 0.05) is 29.3 Å². The van der Waals surface area contributed by atoms with Crippen LogP contribution in [0.1, 0.15) is 5.69 Å². The van der Waals surface area contributed by atoms with Crippen LogP contribution in [0.3, 0.4) is 0 Å². The number of benzene rings is 2. The van der Waals surface area contributed by atoms with E-state index < -0.39 is 10.0 Å². The van der Waals surface area contributed by atoms with Crippen molar-refractivity contribution in [1.29, 1.82) is 0 Å². The van der Waals surface area contributed by atoms with Crippen molar-refractivity contribution in [2.45, 2.75) is 6.54 Å². The van der Waals surface area contributed by atoms with Gasteiger partial charge in [-0.25, -0.2) is 13.6 Å². The van der Waals surface area contributed by atoms with E-state index in [4.69, 9.17) is 14.2 Å². The van der Waals surface area contributed by atoms with Crippen LogP contribution in [-0.2, 0) is 16.6 Å². The summed E-state index contributed by atoms with van der Waals surface area (Å²) in [6, 6.07) is 12.1. The lowest BCUT2D eigenvalue weighted by molar-refractivity contribution is 0.356. The van der Waals surface area contributed by atoms with Crippen molar-refractivity contribution >= 4 is 20.9 Å². The van der Waals surface area contributed by atoms with E-state index in [1.54, 1.807) is 21.3 Å². The standard InChI is InChI=1S/C19H22N2O3.CH5NO2S/c1-20-11-16-19(12-5-7-13(22-2)8-6-12)14-9-17(23-3)18(24-4)10-15(14)21-16;1-5(2,3)4/h5-10,20-21H,11H2,1-4H3;1H3,(H2,2,3,4). The second kappa shape index (κ2) is 9.64. The van der Waals surface area contributed by atoms with E-state index in [-0.39, 0.29) is 0 Å². The van der Waals surface area contributed by atoms with Gasteiger partial charge in [-0.2, -0.15) is 0 Å². The Morgan fingerprint density at radius 2 is 1.55 bits per heavy atom. The highest BCUT2D eigenvalue weighted by Crippen LogP contribution is 2.39. The van der Waals surface area contributed by atoms with Crippen LogP contribution in [-0.4, -0.2) is 48.0 Å². The minimum atomic E-state index is -3.17. The molecule has 0 aliphatic rings. The average molecular weight is 422 g/mol. The summed E-state index contributed by atoms with van der Waals surface area (Å²) in [6.45, 7) is 0.737. The van der Waals surface area contributed by atoms with Crippen molar-refractivity contribution in [2.75, 3.05) is 34.6 Å². The van der Waals surface area contributed by atoms with Crippen molar-refractivity contribution < 1.29 is 22.6 Å². The number of methoxy groups -OCH3 is 3. The number of nitrogens with two attached hydrogens (primary N) is 1. The van der Waals surface area contributed by atoms with Crippen molar-refractivity contribution in [3.8, 4) is 28.4 Å². The number of rotatable bonds is 6. The summed E-state index contributed by atoms with van der Waals surface area (Å²) in [5.41, 5.74) is 4.42. The number of nitrogens with one attached hydrogen (secondary N) is 2. The number of hydrogen-bond donors (Lipinski definition) is 3. The van der Waals surface area contributed by atoms with Gasteiger partial charge in [-0.1, -0.05) is 12.1 Å². The molecule has 3 rings (SSSR count). The van der Waals surface area contributed by atoms with E-state index in [1.807, 2.05) is 31.3 Å². The number of aromatic amines is 1. The SMILES string of the molecule is CNCc1[nH]c2cc(OC)c(OC)cc2c1-c1ccc(OC)cc1.CS(N)(=O)=O. The van der Waals surface area contributed by atoms with Gasteiger partial charge in [0.25, 0.3) is 0 Å². The zero-order valence-corrected chi connectivity index (χ0v) is 18.0. The van der Waals surface area contributed by atoms with Gasteiger partial charge in [0.1, 0.15) is 5.75 Å². The average Bonchev–Trinajstić information content (AvgIpc) is 3.02. The number of ether oxygens (including phenoxy) is 3. The fourth-order valence-corrected chi connectivity index (χ4v) is 2.97. The summed E-state index contributed by atoms with van der Waals surface area (Å²) in [7, 11) is 3.73. The Hall–Kier alpha value is -2.75. The van der Waals surface area contributed by atoms with E-state index in [9.17, 15) is 8.42 Å². The van der Waals surface area contributed by atoms with E-state index >= 15 is 0 Å². The molecule has 0 spiro atoms. The first kappa shape index (κ1) is 22.5. The summed E-state index contributed by atoms with van der Waals surface area (Å²) in [5, 5.41) is 8.64. The van der Waals surface area contributed by atoms with Crippen LogP contribution in [0.4, 0.5) is 0 Å². The Balaban J connectivity index is 0.000000537. The number of H-pyrrole nitrogens is 1. The lowest BCUT2D eigenvalue weighted by Gasteiger charge is -2.09. The number of aromatic nitrogens is 1. The monoisotopic (exact) mass is 421 g/mol. The Bertz CT molecular complexity index is 1050. The van der Waals surface area contributed by atoms with Gasteiger partial charge >= 0.3 is 0 Å². The molecule has 0 aliphatic carbocycles. The molecule has 0 saturated heterocycles. The highest BCUT2D eigenvalue weighted by molar-refractivity contribution is 7.88. The van der Waals surface area contributed by atoms with Gasteiger partial charge in [0.15, 0.2) is 11.5 Å². The maximum absolute atomic E-state index is 9.41. The number of sulfonamides is 1. The van der Waals surface area contributed by atoms with Gasteiger partial charge in [-0.15, -0.1) is 0 Å². The summed E-state index contributed by atoms with van der Waals surface area (Å²) in [4.78, 5) is 3.49. The van der Waals surface area contributed by atoms with Gasteiger partial charge in [0.05, 0.1) is 33.1 Å². The van der Waals surface area contributed by atoms with E-state index in [1.165, 1.54) is 0 Å². The number of primary sulfonamides is 1. The van der Waals surface area contributed by atoms with Gasteiger partial charge in [0.2, 0.25) is 10.0 Å². The van der Waals surface area contributed by atoms with Gasteiger partial charge in [-0.05, 0) is 30.8 Å². The van der Waals surface area contributed by atoms with E-state index in [0.717, 1.165) is 52.0 Å². The third-order valence-corrected chi connectivity index (χ3v) is 4.11. The molecule has 1 aromatic heterocycles. The normalized spacial score (nSPS) is 11.0. The van der Waals surface area contributed by atoms with Crippen LogP contribution in [0.15, 0.2) is 36.4 Å². The summed E-state index contributed by atoms with van der Waals surface area (Å²) < 4.78 is 35.0. The van der Waals surface area contributed by atoms with Crippen molar-refractivity contribution in [2.24, 2.45) is 5.14 Å². The van der Waals surface area contributed by atoms with Gasteiger partial charge < -0.3 is 24.5 Å². The zero-order valence-electron chi connectivity index (χ0n) is 17.2. The van der Waals surface area contributed by atoms with E-state index in [0.29, 0.717) is 5.75 Å². The van der Waals surface area contributed by atoms with Gasteiger partial charge in [-0.3, -0.25) is 0 Å². The molecule has 0 radical (unpaired) electrons. The topological polar surface area (TPSA) is 116 Å². The summed E-state index contributed by atoms with van der Waals surface area (Å²) in [5.74, 6) is 2.27. The predicted octanol–water partition coefficient (Wildman–Crippen LogP) is 2.48. The Labute approximate surface area is 171 Å². The van der Waals surface area contributed by atoms with Crippen LogP contribution in [0, 0.1) is 0 Å². The third-order valence-electron chi connectivity index (χ3n) is 4.11. The molecule has 158 valence electrons. The van der Waals surface area contributed by atoms with Crippen LogP contribution in [0.2, 0.25) is 0 Å². The Morgan fingerprint density at radius 1 is 1.00 bits per heavy atom. The summed E-state index contributed by atoms with van der Waals surface area (Å²) in [6.07, 6.45) is 0.938. The first-order chi connectivity index (χ1) is 13.7. The van der Waals surface area contributed by atoms with Crippen molar-refractivity contribution in [3.63, 3.8) is 0 Å². The van der Waals surface area contributed by atoms with Crippen molar-refractivity contribution in [3.05, 3.63) is 42.1 Å². The maximum atomic E-state index is 9.41. The molecular formula is C20H27N3O5S. The first-order valence-electron chi connectivity index (χ1n) is 8.75. The van der Waals surface area contributed by atoms with Crippen LogP contribution in [0.5, 0.6) is 17.2 Å². The fraction of sp³-hybridized carbons (Fsp3) is 0.300. The first-order valence-corrected chi connectivity index (χ1v) is 10.7. The third kappa shape index (κ3) is 5.86. The van der Waals surface area contributed by atoms with Crippen LogP contribution < -0.4 is 24.7 Å². The Kier molecular flexibility index (Phi) is 7.49. The smallest absolute Gasteiger partial charge is 0.206 e. The molecule has 0 aliphatic heterocycles. The van der Waals surface area contributed by atoms with Crippen molar-refractivity contribution in [1.82, 2.24) is 10.3 Å². The molecule has 9 heteroatoms. The molecule has 29 heavy (non-hydrogen) atoms. The number of fused-ring (bicyclic) bond motifs is 1. The molecule has 0 unspecified atom stereocenters. The molecule has 0 amide bonds. The molecule has 4 N–H and O–H groups in total. The minimum Gasteiger partial charge on any atom is -0.497 e. The molecule has 0 atom stereocenters. The largest absolute Gasteiger partial charge is 0.497 e. The quantitative estimate of drug-likeness (QED) is 0.563. The lowest BCUT2D eigenvalue weighted by atomic mass is 10.0. The predicted molar refractivity (Wildman–Crippen MR) is 115 cm³/mol. The molecule has 3 aromatic rings. The highest BCUT2D eigenvalue weighted by atomic mass is 32.2.